The van der Waals surface area contributed by atoms with Crippen molar-refractivity contribution in [3.63, 3.8) is 0 Å². The van der Waals surface area contributed by atoms with Crippen LogP contribution in [0.2, 0.25) is 0 Å². The van der Waals surface area contributed by atoms with Crippen molar-refractivity contribution in [2.45, 2.75) is 20.3 Å². The fraction of sp³-hybridized carbons (Fsp3) is 0.312. The second-order valence-electron chi connectivity index (χ2n) is 5.39. The van der Waals surface area contributed by atoms with Gasteiger partial charge >= 0.3 is 0 Å². The van der Waals surface area contributed by atoms with Crippen LogP contribution in [0.3, 0.4) is 0 Å². The van der Waals surface area contributed by atoms with E-state index in [1.54, 1.807) is 0 Å². The van der Waals surface area contributed by atoms with Gasteiger partial charge in [-0.1, -0.05) is 30.3 Å². The number of benzene rings is 1. The molecule has 2 rings (SSSR count). The molecule has 108 valence electrons. The van der Waals surface area contributed by atoms with Crippen LogP contribution >= 0.6 is 0 Å². The molecule has 0 aliphatic rings. The summed E-state index contributed by atoms with van der Waals surface area (Å²) in [6.07, 6.45) is 2.06. The van der Waals surface area contributed by atoms with Gasteiger partial charge in [-0.25, -0.2) is 4.98 Å². The van der Waals surface area contributed by atoms with Gasteiger partial charge in [0.1, 0.15) is 0 Å². The van der Waals surface area contributed by atoms with Gasteiger partial charge in [0.15, 0.2) is 0 Å². The smallest absolute Gasteiger partial charge is 0.296 e. The molecule has 0 radical (unpaired) electrons. The van der Waals surface area contributed by atoms with Gasteiger partial charge < -0.3 is 4.74 Å². The largest absolute Gasteiger partial charge is 0.465 e. The highest BCUT2D eigenvalue weighted by Gasteiger charge is 2.16. The van der Waals surface area contributed by atoms with Gasteiger partial charge in [0.2, 0.25) is 0 Å². The van der Waals surface area contributed by atoms with Crippen LogP contribution in [0.1, 0.15) is 20.3 Å². The molecule has 0 amide bonds. The maximum absolute atomic E-state index is 12.0. The van der Waals surface area contributed by atoms with E-state index in [0.717, 1.165) is 5.56 Å². The zero-order chi connectivity index (χ0) is 15.3. The second-order valence-corrected chi connectivity index (χ2v) is 5.39. The molecule has 0 spiro atoms. The van der Waals surface area contributed by atoms with Gasteiger partial charge in [0.05, 0.1) is 23.7 Å². The molecule has 0 fully saturated rings. The quantitative estimate of drug-likeness (QED) is 0.915. The number of rotatable bonds is 5. The Morgan fingerprint density at radius 3 is 2.67 bits per heavy atom. The average Bonchev–Trinajstić information content (AvgIpc) is 2.48. The average molecular weight is 283 g/mol. The Labute approximate surface area is 123 Å². The summed E-state index contributed by atoms with van der Waals surface area (Å²) in [6, 6.07) is 11.7. The van der Waals surface area contributed by atoms with Gasteiger partial charge in [0, 0.05) is 6.20 Å². The topological polar surface area (TPSA) is 78.8 Å². The van der Waals surface area contributed by atoms with Gasteiger partial charge in [-0.05, 0) is 25.8 Å². The number of aromatic nitrogens is 2. The Hall–Kier alpha value is -2.61. The summed E-state index contributed by atoms with van der Waals surface area (Å²) in [5.41, 5.74) is 0.610. The lowest BCUT2D eigenvalue weighted by atomic mass is 9.92. The minimum atomic E-state index is -0.454. The number of aromatic amines is 1. The lowest BCUT2D eigenvalue weighted by Crippen LogP contribution is -2.16. The fourth-order valence-electron chi connectivity index (χ4n) is 1.73. The summed E-state index contributed by atoms with van der Waals surface area (Å²) in [6.45, 7) is 4.00. The lowest BCUT2D eigenvalue weighted by Gasteiger charge is -2.14. The van der Waals surface area contributed by atoms with Crippen LogP contribution in [0.5, 0.6) is 6.01 Å². The Kier molecular flexibility index (Phi) is 4.39. The van der Waals surface area contributed by atoms with E-state index in [2.05, 4.69) is 16.0 Å². The molecule has 1 aromatic carbocycles. The number of ether oxygens (including phenoxy) is 1. The highest BCUT2D eigenvalue weighted by atomic mass is 16.5. The van der Waals surface area contributed by atoms with E-state index < -0.39 is 5.41 Å². The molecule has 0 aliphatic carbocycles. The summed E-state index contributed by atoms with van der Waals surface area (Å²) in [4.78, 5) is 18.7. The van der Waals surface area contributed by atoms with Gasteiger partial charge in [-0.2, -0.15) is 5.26 Å². The fourth-order valence-corrected chi connectivity index (χ4v) is 1.73. The molecular formula is C16H17N3O2. The number of H-pyrrole nitrogens is 1. The van der Waals surface area contributed by atoms with Crippen molar-refractivity contribution < 1.29 is 4.74 Å². The monoisotopic (exact) mass is 283 g/mol. The number of nitrogens with one attached hydrogen (secondary N) is 1. The van der Waals surface area contributed by atoms with Crippen molar-refractivity contribution in [3.8, 4) is 23.2 Å². The van der Waals surface area contributed by atoms with Crippen LogP contribution in [-0.2, 0) is 0 Å². The molecular weight excluding hydrogens is 266 g/mol. The van der Waals surface area contributed by atoms with Crippen molar-refractivity contribution in [2.75, 3.05) is 6.61 Å². The molecule has 0 aliphatic heterocycles. The maximum Gasteiger partial charge on any atom is 0.296 e. The van der Waals surface area contributed by atoms with Crippen LogP contribution in [-0.4, -0.2) is 16.6 Å². The van der Waals surface area contributed by atoms with E-state index in [1.807, 2.05) is 44.2 Å². The van der Waals surface area contributed by atoms with Crippen molar-refractivity contribution in [3.05, 3.63) is 46.9 Å². The number of hydrogen-bond donors (Lipinski definition) is 1. The molecule has 5 heteroatoms. The Bertz CT molecular complexity index is 699. The summed E-state index contributed by atoms with van der Waals surface area (Å²) in [5.74, 6) is 0. The lowest BCUT2D eigenvalue weighted by molar-refractivity contribution is 0.246. The zero-order valence-corrected chi connectivity index (χ0v) is 12.1. The summed E-state index contributed by atoms with van der Waals surface area (Å²) in [7, 11) is 0. The Balaban J connectivity index is 2.07. The third kappa shape index (κ3) is 3.93. The molecule has 21 heavy (non-hydrogen) atoms. The summed E-state index contributed by atoms with van der Waals surface area (Å²) in [5, 5.41) is 8.92. The molecule has 2 aromatic rings. The van der Waals surface area contributed by atoms with Gasteiger partial charge in [0.25, 0.3) is 11.6 Å². The van der Waals surface area contributed by atoms with E-state index in [0.29, 0.717) is 18.6 Å². The first-order chi connectivity index (χ1) is 10.0. The second kappa shape index (κ2) is 6.23. The highest BCUT2D eigenvalue weighted by Crippen LogP contribution is 2.19. The summed E-state index contributed by atoms with van der Waals surface area (Å²) >= 11 is 0. The van der Waals surface area contributed by atoms with Crippen LogP contribution in [0.25, 0.3) is 11.1 Å². The van der Waals surface area contributed by atoms with E-state index in [1.165, 1.54) is 6.20 Å². The minimum Gasteiger partial charge on any atom is -0.465 e. The molecule has 0 bridgehead atoms. The molecule has 0 saturated carbocycles. The predicted octanol–water partition coefficient (Wildman–Crippen LogP) is 2.76. The van der Waals surface area contributed by atoms with E-state index in [-0.39, 0.29) is 11.6 Å². The Morgan fingerprint density at radius 1 is 1.33 bits per heavy atom. The van der Waals surface area contributed by atoms with Crippen LogP contribution in [0, 0.1) is 16.7 Å². The van der Waals surface area contributed by atoms with Crippen LogP contribution in [0.15, 0.2) is 41.3 Å². The minimum absolute atomic E-state index is 0.174. The number of nitrogens with zero attached hydrogens (tertiary/aromatic N) is 2. The molecule has 0 saturated heterocycles. The molecule has 5 nitrogen and oxygen atoms in total. The first kappa shape index (κ1) is 14.8. The molecule has 0 atom stereocenters. The summed E-state index contributed by atoms with van der Waals surface area (Å²) < 4.78 is 5.40. The molecule has 0 unspecified atom stereocenters. The molecule has 1 aromatic heterocycles. The molecule has 1 N–H and O–H groups in total. The first-order valence-corrected chi connectivity index (χ1v) is 6.71. The van der Waals surface area contributed by atoms with Crippen LogP contribution < -0.4 is 10.3 Å². The zero-order valence-electron chi connectivity index (χ0n) is 12.1. The van der Waals surface area contributed by atoms with Crippen molar-refractivity contribution in [2.24, 2.45) is 5.41 Å². The van der Waals surface area contributed by atoms with Gasteiger partial charge in [-0.3, -0.25) is 9.78 Å². The third-order valence-electron chi connectivity index (χ3n) is 3.13. The van der Waals surface area contributed by atoms with Crippen molar-refractivity contribution in [1.29, 1.82) is 5.26 Å². The van der Waals surface area contributed by atoms with Gasteiger partial charge in [-0.15, -0.1) is 0 Å². The van der Waals surface area contributed by atoms with Crippen molar-refractivity contribution in [1.82, 2.24) is 9.97 Å². The van der Waals surface area contributed by atoms with E-state index in [4.69, 9.17) is 10.00 Å². The normalized spacial score (nSPS) is 10.9. The SMILES string of the molecule is CC(C)(C#N)CCOc1ncc(-c2ccccc2)c(=O)[nH]1. The molecule has 1 heterocycles. The van der Waals surface area contributed by atoms with Crippen molar-refractivity contribution >= 4 is 0 Å². The predicted molar refractivity (Wildman–Crippen MR) is 79.8 cm³/mol. The standard InChI is InChI=1S/C16H17N3O2/c1-16(2,11-17)8-9-21-15-18-10-13(14(20)19-15)12-6-4-3-5-7-12/h3-7,10H,8-9H2,1-2H3,(H,18,19,20). The number of nitriles is 1. The Morgan fingerprint density at radius 2 is 2.05 bits per heavy atom. The first-order valence-electron chi connectivity index (χ1n) is 6.71. The third-order valence-corrected chi connectivity index (χ3v) is 3.13. The van der Waals surface area contributed by atoms with Crippen LogP contribution in [0.4, 0.5) is 0 Å². The van der Waals surface area contributed by atoms with E-state index in [9.17, 15) is 4.79 Å². The highest BCUT2D eigenvalue weighted by molar-refractivity contribution is 5.61. The maximum atomic E-state index is 12.0. The number of hydrogen-bond acceptors (Lipinski definition) is 4. The van der Waals surface area contributed by atoms with E-state index >= 15 is 0 Å².